The molecule has 0 aromatic heterocycles. The molecule has 0 aromatic carbocycles. The maximum Gasteiger partial charge on any atom is 0.338 e. The maximum atomic E-state index is 11.7. The molecule has 0 fully saturated rings. The molecule has 0 heterocycles. The third-order valence-electron chi connectivity index (χ3n) is 2.44. The minimum Gasteiger partial charge on any atom is -0.443 e. The molecule has 0 rings (SSSR count). The van der Waals surface area contributed by atoms with Gasteiger partial charge in [0.1, 0.15) is 6.26 Å². The Morgan fingerprint density at radius 1 is 1.33 bits per heavy atom. The van der Waals surface area contributed by atoms with Crippen LogP contribution >= 0.6 is 0 Å². The molecule has 1 atom stereocenters. The molecule has 0 spiro atoms. The summed E-state index contributed by atoms with van der Waals surface area (Å²) in [6.45, 7) is 12.1. The van der Waals surface area contributed by atoms with E-state index in [-0.39, 0.29) is 11.8 Å². The van der Waals surface area contributed by atoms with Crippen LogP contribution in [-0.4, -0.2) is 36.2 Å². The van der Waals surface area contributed by atoms with Crippen LogP contribution < -0.4 is 0 Å². The second kappa shape index (κ2) is 8.47. The number of nitrogens with zero attached hydrogens (tertiary/aromatic N) is 1. The van der Waals surface area contributed by atoms with Crippen molar-refractivity contribution in [3.05, 3.63) is 24.5 Å². The van der Waals surface area contributed by atoms with Crippen LogP contribution in [0.25, 0.3) is 0 Å². The normalized spacial score (nSPS) is 13.1. The number of hydrogen-bond donors (Lipinski definition) is 0. The van der Waals surface area contributed by atoms with E-state index in [2.05, 4.69) is 11.3 Å². The highest BCUT2D eigenvalue weighted by molar-refractivity contribution is 5.88. The van der Waals surface area contributed by atoms with Gasteiger partial charge in [0.2, 0.25) is 0 Å². The Labute approximate surface area is 108 Å². The predicted molar refractivity (Wildman–Crippen MR) is 68.5 cm³/mol. The number of carbonyl (C=O) groups excluding carboxylic acids is 2. The molecule has 5 heteroatoms. The molecule has 0 N–H and O–H groups in total. The summed E-state index contributed by atoms with van der Waals surface area (Å²) in [4.78, 5) is 24.5. The van der Waals surface area contributed by atoms with Crippen LogP contribution in [0.15, 0.2) is 24.5 Å². The molecule has 102 valence electrons. The molecule has 0 aliphatic heterocycles. The Bertz CT molecular complexity index is 332. The lowest BCUT2D eigenvalue weighted by Crippen LogP contribution is -2.36. The van der Waals surface area contributed by atoms with Gasteiger partial charge in [0.25, 0.3) is 0 Å². The molecule has 0 aromatic rings. The Morgan fingerprint density at radius 2 is 1.89 bits per heavy atom. The van der Waals surface area contributed by atoms with Crippen LogP contribution in [0.1, 0.15) is 27.7 Å². The van der Waals surface area contributed by atoms with E-state index in [0.717, 1.165) is 25.4 Å². The van der Waals surface area contributed by atoms with Crippen molar-refractivity contribution >= 4 is 11.9 Å². The van der Waals surface area contributed by atoms with Crippen molar-refractivity contribution in [2.45, 2.75) is 33.9 Å². The van der Waals surface area contributed by atoms with Gasteiger partial charge in [-0.15, -0.1) is 0 Å². The minimum atomic E-state index is -0.612. The van der Waals surface area contributed by atoms with E-state index < -0.39 is 11.9 Å². The van der Waals surface area contributed by atoms with Crippen molar-refractivity contribution in [2.24, 2.45) is 0 Å². The van der Waals surface area contributed by atoms with Gasteiger partial charge in [-0.3, -0.25) is 4.90 Å². The monoisotopic (exact) mass is 255 g/mol. The fraction of sp³-hybridized carbons (Fsp3) is 0.538. The van der Waals surface area contributed by atoms with E-state index in [1.807, 2.05) is 18.7 Å². The van der Waals surface area contributed by atoms with Gasteiger partial charge in [-0.25, -0.2) is 9.59 Å². The van der Waals surface area contributed by atoms with Crippen molar-refractivity contribution in [1.82, 2.24) is 4.90 Å². The van der Waals surface area contributed by atoms with Crippen LogP contribution in [0.4, 0.5) is 0 Å². The summed E-state index contributed by atoms with van der Waals surface area (Å²) in [6.07, 6.45) is 1.78. The van der Waals surface area contributed by atoms with Crippen LogP contribution in [-0.2, 0) is 19.1 Å². The first-order chi connectivity index (χ1) is 8.46. The fourth-order valence-electron chi connectivity index (χ4n) is 1.30. The van der Waals surface area contributed by atoms with Crippen LogP contribution in [0.5, 0.6) is 0 Å². The van der Waals surface area contributed by atoms with Gasteiger partial charge in [-0.05, 0) is 26.9 Å². The molecular weight excluding hydrogens is 234 g/mol. The summed E-state index contributed by atoms with van der Waals surface area (Å²) in [6, 6.07) is 0. The van der Waals surface area contributed by atoms with Gasteiger partial charge in [-0.1, -0.05) is 20.4 Å². The lowest BCUT2D eigenvalue weighted by Gasteiger charge is -2.25. The van der Waals surface area contributed by atoms with Gasteiger partial charge in [0.05, 0.1) is 5.57 Å². The van der Waals surface area contributed by atoms with Crippen LogP contribution in [0, 0.1) is 0 Å². The predicted octanol–water partition coefficient (Wildman–Crippen LogP) is 1.85. The number of rotatable bonds is 7. The molecule has 0 amide bonds. The molecule has 0 radical (unpaired) electrons. The van der Waals surface area contributed by atoms with E-state index >= 15 is 0 Å². The van der Waals surface area contributed by atoms with Gasteiger partial charge in [0.15, 0.2) is 6.23 Å². The van der Waals surface area contributed by atoms with E-state index in [1.165, 1.54) is 6.92 Å². The van der Waals surface area contributed by atoms with Gasteiger partial charge >= 0.3 is 11.9 Å². The van der Waals surface area contributed by atoms with E-state index in [1.54, 1.807) is 6.92 Å². The topological polar surface area (TPSA) is 55.8 Å². The summed E-state index contributed by atoms with van der Waals surface area (Å²) in [5.74, 6) is -1.12. The van der Waals surface area contributed by atoms with Crippen molar-refractivity contribution in [3.8, 4) is 0 Å². The molecule has 0 aliphatic rings. The van der Waals surface area contributed by atoms with Crippen molar-refractivity contribution in [1.29, 1.82) is 0 Å². The van der Waals surface area contributed by atoms with Crippen molar-refractivity contribution < 1.29 is 19.1 Å². The average Bonchev–Trinajstić information content (AvgIpc) is 2.36. The molecular formula is C13H21NO4. The summed E-state index contributed by atoms with van der Waals surface area (Å²) in [5, 5.41) is 0. The van der Waals surface area contributed by atoms with E-state index in [9.17, 15) is 9.59 Å². The Hall–Kier alpha value is -1.62. The SMILES string of the molecule is C=CC(=O)O/C=C(\C)C(=O)OC(C)N(CC)CC. The Morgan fingerprint density at radius 3 is 2.33 bits per heavy atom. The standard InChI is InChI=1S/C13H21NO4/c1-6-12(15)17-9-10(4)13(16)18-11(5)14(7-2)8-3/h6,9,11H,1,7-8H2,2-5H3/b10-9+. The minimum absolute atomic E-state index is 0.226. The summed E-state index contributed by atoms with van der Waals surface area (Å²) < 4.78 is 9.86. The van der Waals surface area contributed by atoms with Crippen molar-refractivity contribution in [3.63, 3.8) is 0 Å². The second-order valence-corrected chi connectivity index (χ2v) is 3.67. The Kier molecular flexibility index (Phi) is 7.71. The molecule has 0 aliphatic carbocycles. The zero-order valence-electron chi connectivity index (χ0n) is 11.4. The lowest BCUT2D eigenvalue weighted by atomic mass is 10.3. The fourth-order valence-corrected chi connectivity index (χ4v) is 1.30. The largest absolute Gasteiger partial charge is 0.443 e. The van der Waals surface area contributed by atoms with Crippen molar-refractivity contribution in [2.75, 3.05) is 13.1 Å². The molecule has 1 unspecified atom stereocenters. The van der Waals surface area contributed by atoms with Gasteiger partial charge in [-0.2, -0.15) is 0 Å². The quantitative estimate of drug-likeness (QED) is 0.301. The van der Waals surface area contributed by atoms with Gasteiger partial charge < -0.3 is 9.47 Å². The third kappa shape index (κ3) is 5.63. The second-order valence-electron chi connectivity index (χ2n) is 3.67. The first kappa shape index (κ1) is 16.4. The number of ether oxygens (including phenoxy) is 2. The molecule has 18 heavy (non-hydrogen) atoms. The summed E-state index contributed by atoms with van der Waals surface area (Å²) in [5.41, 5.74) is 0.226. The first-order valence-corrected chi connectivity index (χ1v) is 5.91. The summed E-state index contributed by atoms with van der Waals surface area (Å²) >= 11 is 0. The lowest BCUT2D eigenvalue weighted by molar-refractivity contribution is -0.152. The van der Waals surface area contributed by atoms with Gasteiger partial charge in [0, 0.05) is 6.08 Å². The highest BCUT2D eigenvalue weighted by Crippen LogP contribution is 2.05. The maximum absolute atomic E-state index is 11.7. The van der Waals surface area contributed by atoms with Crippen LogP contribution in [0.3, 0.4) is 0 Å². The van der Waals surface area contributed by atoms with Crippen LogP contribution in [0.2, 0.25) is 0 Å². The molecule has 0 saturated heterocycles. The summed E-state index contributed by atoms with van der Waals surface area (Å²) in [7, 11) is 0. The van der Waals surface area contributed by atoms with E-state index in [0.29, 0.717) is 0 Å². The zero-order valence-corrected chi connectivity index (χ0v) is 11.4. The first-order valence-electron chi connectivity index (χ1n) is 5.91. The average molecular weight is 255 g/mol. The highest BCUT2D eigenvalue weighted by atomic mass is 16.6. The molecule has 0 saturated carbocycles. The number of carbonyl (C=O) groups is 2. The highest BCUT2D eigenvalue weighted by Gasteiger charge is 2.16. The third-order valence-corrected chi connectivity index (χ3v) is 2.44. The zero-order chi connectivity index (χ0) is 14.1. The molecule has 5 nitrogen and oxygen atoms in total. The number of hydrogen-bond acceptors (Lipinski definition) is 5. The molecule has 0 bridgehead atoms. The van der Waals surface area contributed by atoms with E-state index in [4.69, 9.17) is 4.74 Å². The number of esters is 2. The Balaban J connectivity index is 4.39. The smallest absolute Gasteiger partial charge is 0.338 e.